The molecule has 0 aliphatic carbocycles. The summed E-state index contributed by atoms with van der Waals surface area (Å²) in [7, 11) is 0. The molecular weight excluding hydrogens is 202 g/mol. The minimum Gasteiger partial charge on any atom is -0.392 e. The van der Waals surface area contributed by atoms with E-state index in [-0.39, 0.29) is 13.2 Å². The Kier molecular flexibility index (Phi) is 4.05. The van der Waals surface area contributed by atoms with Gasteiger partial charge < -0.3 is 10.2 Å². The van der Waals surface area contributed by atoms with Crippen molar-refractivity contribution in [2.45, 2.75) is 33.5 Å². The Morgan fingerprint density at radius 3 is 2.31 bits per heavy atom. The van der Waals surface area contributed by atoms with E-state index in [9.17, 15) is 0 Å². The maximum Gasteiger partial charge on any atom is 0.0687 e. The van der Waals surface area contributed by atoms with Crippen LogP contribution in [0.15, 0.2) is 18.2 Å². The molecule has 0 aliphatic rings. The van der Waals surface area contributed by atoms with E-state index in [0.29, 0.717) is 6.42 Å². The molecule has 0 fully saturated rings. The van der Waals surface area contributed by atoms with E-state index in [2.05, 4.69) is 6.07 Å². The van der Waals surface area contributed by atoms with Gasteiger partial charge in [-0.2, -0.15) is 5.26 Å². The van der Waals surface area contributed by atoms with Gasteiger partial charge in [-0.05, 0) is 37.0 Å². The molecule has 16 heavy (non-hydrogen) atoms. The van der Waals surface area contributed by atoms with Gasteiger partial charge in [-0.3, -0.25) is 0 Å². The number of hydrogen-bond acceptors (Lipinski definition) is 3. The van der Waals surface area contributed by atoms with Crippen LogP contribution in [-0.4, -0.2) is 10.2 Å². The second-order valence-electron chi connectivity index (χ2n) is 4.59. The van der Waals surface area contributed by atoms with Crippen molar-refractivity contribution in [3.63, 3.8) is 0 Å². The van der Waals surface area contributed by atoms with E-state index in [4.69, 9.17) is 15.5 Å². The van der Waals surface area contributed by atoms with Gasteiger partial charge in [-0.1, -0.05) is 18.2 Å². The van der Waals surface area contributed by atoms with Gasteiger partial charge in [-0.15, -0.1) is 0 Å². The first-order chi connectivity index (χ1) is 7.52. The molecule has 0 amide bonds. The van der Waals surface area contributed by atoms with Crippen molar-refractivity contribution in [2.24, 2.45) is 5.41 Å². The van der Waals surface area contributed by atoms with Crippen LogP contribution in [-0.2, 0) is 19.6 Å². The average Bonchev–Trinajstić information content (AvgIpc) is 2.28. The average molecular weight is 219 g/mol. The lowest BCUT2D eigenvalue weighted by atomic mass is 9.86. The molecule has 1 aromatic rings. The van der Waals surface area contributed by atoms with E-state index >= 15 is 0 Å². The van der Waals surface area contributed by atoms with Crippen molar-refractivity contribution in [3.05, 3.63) is 34.9 Å². The Hall–Kier alpha value is -1.37. The molecule has 0 radical (unpaired) electrons. The van der Waals surface area contributed by atoms with E-state index in [1.54, 1.807) is 6.07 Å². The first-order valence-electron chi connectivity index (χ1n) is 5.26. The third-order valence-electron chi connectivity index (χ3n) is 2.56. The molecule has 0 spiro atoms. The SMILES string of the molecule is CC(C)(C#N)Cc1ccc(CO)c(CO)c1. The highest BCUT2D eigenvalue weighted by molar-refractivity contribution is 5.32. The van der Waals surface area contributed by atoms with Crippen LogP contribution < -0.4 is 0 Å². The molecule has 3 nitrogen and oxygen atoms in total. The number of nitriles is 1. The quantitative estimate of drug-likeness (QED) is 0.811. The molecule has 0 saturated heterocycles. The first kappa shape index (κ1) is 12.7. The molecule has 0 atom stereocenters. The Morgan fingerprint density at radius 1 is 1.19 bits per heavy atom. The van der Waals surface area contributed by atoms with Gasteiger partial charge in [0.05, 0.1) is 24.7 Å². The lowest BCUT2D eigenvalue weighted by Gasteiger charge is -2.16. The predicted octanol–water partition coefficient (Wildman–Crippen LogP) is 1.76. The summed E-state index contributed by atoms with van der Waals surface area (Å²) in [6.07, 6.45) is 0.641. The van der Waals surface area contributed by atoms with E-state index in [1.165, 1.54) is 0 Å². The van der Waals surface area contributed by atoms with Crippen LogP contribution in [0.1, 0.15) is 30.5 Å². The zero-order chi connectivity index (χ0) is 12.2. The number of aliphatic hydroxyl groups is 2. The lowest BCUT2D eigenvalue weighted by molar-refractivity contribution is 0.260. The van der Waals surface area contributed by atoms with Crippen molar-refractivity contribution < 1.29 is 10.2 Å². The number of benzene rings is 1. The summed E-state index contributed by atoms with van der Waals surface area (Å²) in [5, 5.41) is 27.2. The smallest absolute Gasteiger partial charge is 0.0687 e. The zero-order valence-electron chi connectivity index (χ0n) is 9.70. The van der Waals surface area contributed by atoms with Gasteiger partial charge in [0.1, 0.15) is 0 Å². The van der Waals surface area contributed by atoms with E-state index in [0.717, 1.165) is 16.7 Å². The van der Waals surface area contributed by atoms with Gasteiger partial charge in [0, 0.05) is 0 Å². The highest BCUT2D eigenvalue weighted by Gasteiger charge is 2.17. The minimum absolute atomic E-state index is 0.0716. The number of aliphatic hydroxyl groups excluding tert-OH is 2. The summed E-state index contributed by atoms with van der Waals surface area (Å²) < 4.78 is 0. The van der Waals surface area contributed by atoms with E-state index in [1.807, 2.05) is 26.0 Å². The maximum atomic E-state index is 9.15. The van der Waals surface area contributed by atoms with E-state index < -0.39 is 5.41 Å². The molecule has 86 valence electrons. The Labute approximate surface area is 96.0 Å². The molecule has 0 aromatic heterocycles. The molecule has 0 unspecified atom stereocenters. The summed E-state index contributed by atoms with van der Waals surface area (Å²) in [5.41, 5.74) is 2.07. The topological polar surface area (TPSA) is 64.2 Å². The summed E-state index contributed by atoms with van der Waals surface area (Å²) in [6, 6.07) is 7.79. The van der Waals surface area contributed by atoms with Gasteiger partial charge in [-0.25, -0.2) is 0 Å². The Balaban J connectivity index is 2.97. The highest BCUT2D eigenvalue weighted by Crippen LogP contribution is 2.22. The van der Waals surface area contributed by atoms with Crippen molar-refractivity contribution in [1.82, 2.24) is 0 Å². The molecule has 0 saturated carbocycles. The van der Waals surface area contributed by atoms with Crippen LogP contribution in [0, 0.1) is 16.7 Å². The molecule has 0 aliphatic heterocycles. The molecular formula is C13H17NO2. The third-order valence-corrected chi connectivity index (χ3v) is 2.56. The van der Waals surface area contributed by atoms with Gasteiger partial charge in [0.2, 0.25) is 0 Å². The van der Waals surface area contributed by atoms with Crippen LogP contribution in [0.5, 0.6) is 0 Å². The standard InChI is InChI=1S/C13H17NO2/c1-13(2,9-14)6-10-3-4-11(7-15)12(5-10)8-16/h3-5,15-16H,6-8H2,1-2H3. The fourth-order valence-electron chi connectivity index (χ4n) is 1.64. The van der Waals surface area contributed by atoms with Crippen molar-refractivity contribution in [1.29, 1.82) is 5.26 Å². The van der Waals surface area contributed by atoms with Crippen LogP contribution in [0.4, 0.5) is 0 Å². The lowest BCUT2D eigenvalue weighted by Crippen LogP contribution is -2.12. The second-order valence-corrected chi connectivity index (χ2v) is 4.59. The Bertz CT molecular complexity index is 405. The Morgan fingerprint density at radius 2 is 1.81 bits per heavy atom. The molecule has 0 heterocycles. The normalized spacial score (nSPS) is 11.2. The summed E-state index contributed by atoms with van der Waals surface area (Å²) in [5.74, 6) is 0. The fourth-order valence-corrected chi connectivity index (χ4v) is 1.64. The highest BCUT2D eigenvalue weighted by atomic mass is 16.3. The number of hydrogen-bond donors (Lipinski definition) is 2. The largest absolute Gasteiger partial charge is 0.392 e. The zero-order valence-corrected chi connectivity index (χ0v) is 9.70. The van der Waals surface area contributed by atoms with Crippen LogP contribution in [0.2, 0.25) is 0 Å². The van der Waals surface area contributed by atoms with Gasteiger partial charge in [0.25, 0.3) is 0 Å². The molecule has 3 heteroatoms. The third kappa shape index (κ3) is 3.06. The van der Waals surface area contributed by atoms with Gasteiger partial charge >= 0.3 is 0 Å². The molecule has 1 rings (SSSR count). The monoisotopic (exact) mass is 219 g/mol. The second kappa shape index (κ2) is 5.11. The van der Waals surface area contributed by atoms with Crippen LogP contribution in [0.25, 0.3) is 0 Å². The fraction of sp³-hybridized carbons (Fsp3) is 0.462. The number of rotatable bonds is 4. The molecule has 1 aromatic carbocycles. The summed E-state index contributed by atoms with van der Waals surface area (Å²) >= 11 is 0. The van der Waals surface area contributed by atoms with Crippen molar-refractivity contribution in [2.75, 3.05) is 0 Å². The summed E-state index contributed by atoms with van der Waals surface area (Å²) in [6.45, 7) is 3.60. The van der Waals surface area contributed by atoms with Crippen molar-refractivity contribution >= 4 is 0 Å². The first-order valence-corrected chi connectivity index (χ1v) is 5.26. The van der Waals surface area contributed by atoms with Crippen LogP contribution >= 0.6 is 0 Å². The van der Waals surface area contributed by atoms with Gasteiger partial charge in [0.15, 0.2) is 0 Å². The number of nitrogens with zero attached hydrogens (tertiary/aromatic N) is 1. The summed E-state index contributed by atoms with van der Waals surface area (Å²) in [4.78, 5) is 0. The van der Waals surface area contributed by atoms with Crippen LogP contribution in [0.3, 0.4) is 0 Å². The molecule has 2 N–H and O–H groups in total. The minimum atomic E-state index is -0.409. The molecule has 0 bridgehead atoms. The maximum absolute atomic E-state index is 9.15. The van der Waals surface area contributed by atoms with Crippen molar-refractivity contribution in [3.8, 4) is 6.07 Å². The predicted molar refractivity (Wildman–Crippen MR) is 61.4 cm³/mol.